The van der Waals surface area contributed by atoms with E-state index in [9.17, 15) is 4.79 Å². The van der Waals surface area contributed by atoms with Gasteiger partial charge in [0.2, 0.25) is 0 Å². The van der Waals surface area contributed by atoms with E-state index in [1.807, 2.05) is 13.0 Å². The maximum absolute atomic E-state index is 12.4. The van der Waals surface area contributed by atoms with E-state index in [0.29, 0.717) is 0 Å². The molecule has 1 saturated carbocycles. The molecule has 0 bridgehead atoms. The molecule has 3 rings (SSSR count). The summed E-state index contributed by atoms with van der Waals surface area (Å²) in [5.41, 5.74) is 1.71. The number of carbonyl (C=O) groups excluding carboxylic acids is 1. The predicted octanol–water partition coefficient (Wildman–Crippen LogP) is 2.92. The molecule has 0 aromatic heterocycles. The van der Waals surface area contributed by atoms with Gasteiger partial charge in [-0.1, -0.05) is 43.5 Å². The second-order valence-electron chi connectivity index (χ2n) is 6.42. The maximum Gasteiger partial charge on any atom is 0.330 e. The van der Waals surface area contributed by atoms with E-state index < -0.39 is 5.54 Å². The third kappa shape index (κ3) is 2.05. The summed E-state index contributed by atoms with van der Waals surface area (Å²) in [6, 6.07) is 8.28. The topological polar surface area (TPSA) is 38.3 Å². The quantitative estimate of drug-likeness (QED) is 0.800. The van der Waals surface area contributed by atoms with Gasteiger partial charge in [0, 0.05) is 5.54 Å². The summed E-state index contributed by atoms with van der Waals surface area (Å²) in [4.78, 5) is 12.4. The number of hydrogen-bond donors (Lipinski definition) is 1. The summed E-state index contributed by atoms with van der Waals surface area (Å²) < 4.78 is 5.08. The lowest BCUT2D eigenvalue weighted by Gasteiger charge is -2.49. The number of hydrogen-bond acceptors (Lipinski definition) is 3. The Kier molecular flexibility index (Phi) is 3.33. The van der Waals surface area contributed by atoms with Gasteiger partial charge in [-0.25, -0.2) is 4.79 Å². The standard InChI is InChI=1S/C17H23NO2/c1-16(15(19)20-2)14-9-5-4-8-13(14)12-17(18-16)10-6-3-7-11-17/h4-5,8-9,18H,3,6-7,10-12H2,1-2H3. The van der Waals surface area contributed by atoms with Gasteiger partial charge in [-0.05, 0) is 37.3 Å². The van der Waals surface area contributed by atoms with Gasteiger partial charge in [0.15, 0.2) is 0 Å². The third-order valence-corrected chi connectivity index (χ3v) is 5.00. The lowest BCUT2D eigenvalue weighted by molar-refractivity contribution is -0.150. The second-order valence-corrected chi connectivity index (χ2v) is 6.42. The minimum absolute atomic E-state index is 0.0650. The summed E-state index contributed by atoms with van der Waals surface area (Å²) in [6.45, 7) is 1.97. The first kappa shape index (κ1) is 13.6. The number of nitrogens with one attached hydrogen (secondary N) is 1. The van der Waals surface area contributed by atoms with Crippen molar-refractivity contribution in [2.24, 2.45) is 0 Å². The number of rotatable bonds is 1. The van der Waals surface area contributed by atoms with E-state index in [1.165, 1.54) is 31.9 Å². The number of esters is 1. The van der Waals surface area contributed by atoms with Gasteiger partial charge < -0.3 is 4.74 Å². The van der Waals surface area contributed by atoms with Crippen LogP contribution in [0.1, 0.15) is 50.2 Å². The highest BCUT2D eigenvalue weighted by Gasteiger charge is 2.49. The molecule has 0 radical (unpaired) electrons. The van der Waals surface area contributed by atoms with Crippen LogP contribution in [0.15, 0.2) is 24.3 Å². The second kappa shape index (κ2) is 4.88. The van der Waals surface area contributed by atoms with E-state index in [1.54, 1.807) is 0 Å². The Morgan fingerprint density at radius 3 is 2.60 bits per heavy atom. The predicted molar refractivity (Wildman–Crippen MR) is 78.5 cm³/mol. The number of benzene rings is 1. The first-order valence-corrected chi connectivity index (χ1v) is 7.56. The van der Waals surface area contributed by atoms with E-state index in [4.69, 9.17) is 4.74 Å². The van der Waals surface area contributed by atoms with Crippen LogP contribution in [-0.4, -0.2) is 18.6 Å². The molecule has 1 fully saturated rings. The van der Waals surface area contributed by atoms with Crippen LogP contribution >= 0.6 is 0 Å². The lowest BCUT2D eigenvalue weighted by Crippen LogP contribution is -2.63. The molecule has 2 aliphatic rings. The van der Waals surface area contributed by atoms with Crippen molar-refractivity contribution in [1.29, 1.82) is 0 Å². The van der Waals surface area contributed by atoms with Gasteiger partial charge in [-0.15, -0.1) is 0 Å². The first-order chi connectivity index (χ1) is 9.60. The molecule has 0 saturated heterocycles. The minimum Gasteiger partial charge on any atom is -0.467 e. The molecule has 1 spiro atoms. The Labute approximate surface area is 120 Å². The fraction of sp³-hybridized carbons (Fsp3) is 0.588. The van der Waals surface area contributed by atoms with Crippen LogP contribution in [0.3, 0.4) is 0 Å². The maximum atomic E-state index is 12.4. The van der Waals surface area contributed by atoms with Crippen molar-refractivity contribution >= 4 is 5.97 Å². The van der Waals surface area contributed by atoms with Crippen LogP contribution in [0, 0.1) is 0 Å². The summed E-state index contributed by atoms with van der Waals surface area (Å²) in [5, 5.41) is 3.68. The van der Waals surface area contributed by atoms with Gasteiger partial charge >= 0.3 is 5.97 Å². The molecule has 1 aromatic rings. The molecule has 1 atom stereocenters. The fourth-order valence-electron chi connectivity index (χ4n) is 4.06. The van der Waals surface area contributed by atoms with Crippen LogP contribution in [0.4, 0.5) is 0 Å². The Balaban J connectivity index is 2.07. The Bertz CT molecular complexity index is 519. The van der Waals surface area contributed by atoms with E-state index in [2.05, 4.69) is 23.5 Å². The monoisotopic (exact) mass is 273 g/mol. The average Bonchev–Trinajstić information content (AvgIpc) is 2.47. The fourth-order valence-corrected chi connectivity index (χ4v) is 4.06. The Hall–Kier alpha value is -1.35. The first-order valence-electron chi connectivity index (χ1n) is 7.56. The SMILES string of the molecule is COC(=O)C1(C)NC2(CCCCC2)Cc2ccccc21. The summed E-state index contributed by atoms with van der Waals surface area (Å²) in [5.74, 6) is -0.186. The van der Waals surface area contributed by atoms with Crippen molar-refractivity contribution in [3.8, 4) is 0 Å². The largest absolute Gasteiger partial charge is 0.467 e. The van der Waals surface area contributed by atoms with Crippen LogP contribution in [0.5, 0.6) is 0 Å². The molecular formula is C17H23NO2. The molecule has 3 nitrogen and oxygen atoms in total. The van der Waals surface area contributed by atoms with E-state index >= 15 is 0 Å². The van der Waals surface area contributed by atoms with Crippen molar-refractivity contribution in [3.05, 3.63) is 35.4 Å². The van der Waals surface area contributed by atoms with E-state index in [-0.39, 0.29) is 11.5 Å². The molecule has 1 heterocycles. The summed E-state index contributed by atoms with van der Waals surface area (Å²) >= 11 is 0. The summed E-state index contributed by atoms with van der Waals surface area (Å²) in [6.07, 6.45) is 7.11. The van der Waals surface area contributed by atoms with Crippen molar-refractivity contribution in [2.45, 2.75) is 56.5 Å². The van der Waals surface area contributed by atoms with Crippen LogP contribution in [0.25, 0.3) is 0 Å². The average molecular weight is 273 g/mol. The number of methoxy groups -OCH3 is 1. The van der Waals surface area contributed by atoms with Gasteiger partial charge in [0.1, 0.15) is 5.54 Å². The van der Waals surface area contributed by atoms with Crippen molar-refractivity contribution in [2.75, 3.05) is 7.11 Å². The third-order valence-electron chi connectivity index (χ3n) is 5.00. The molecule has 1 unspecified atom stereocenters. The molecule has 1 aromatic carbocycles. The molecule has 1 aliphatic carbocycles. The lowest BCUT2D eigenvalue weighted by atomic mass is 9.69. The van der Waals surface area contributed by atoms with E-state index in [0.717, 1.165) is 24.8 Å². The molecule has 1 aliphatic heterocycles. The van der Waals surface area contributed by atoms with Gasteiger partial charge in [0.25, 0.3) is 0 Å². The van der Waals surface area contributed by atoms with Gasteiger partial charge in [0.05, 0.1) is 7.11 Å². The van der Waals surface area contributed by atoms with Gasteiger partial charge in [-0.3, -0.25) is 5.32 Å². The highest BCUT2D eigenvalue weighted by Crippen LogP contribution is 2.41. The number of fused-ring (bicyclic) bond motifs is 1. The number of carbonyl (C=O) groups is 1. The number of ether oxygens (including phenoxy) is 1. The smallest absolute Gasteiger partial charge is 0.330 e. The molecular weight excluding hydrogens is 250 g/mol. The molecule has 1 N–H and O–H groups in total. The highest BCUT2D eigenvalue weighted by molar-refractivity contribution is 5.83. The van der Waals surface area contributed by atoms with Crippen LogP contribution < -0.4 is 5.32 Å². The highest BCUT2D eigenvalue weighted by atomic mass is 16.5. The molecule has 0 amide bonds. The summed E-state index contributed by atoms with van der Waals surface area (Å²) in [7, 11) is 1.47. The van der Waals surface area contributed by atoms with Gasteiger partial charge in [-0.2, -0.15) is 0 Å². The minimum atomic E-state index is -0.721. The Morgan fingerprint density at radius 2 is 1.90 bits per heavy atom. The zero-order chi connectivity index (χ0) is 14.2. The molecule has 108 valence electrons. The van der Waals surface area contributed by atoms with Crippen molar-refractivity contribution < 1.29 is 9.53 Å². The zero-order valence-corrected chi connectivity index (χ0v) is 12.4. The van der Waals surface area contributed by atoms with Crippen LogP contribution in [0.2, 0.25) is 0 Å². The zero-order valence-electron chi connectivity index (χ0n) is 12.4. The van der Waals surface area contributed by atoms with Crippen molar-refractivity contribution in [3.63, 3.8) is 0 Å². The molecule has 3 heteroatoms. The Morgan fingerprint density at radius 1 is 1.20 bits per heavy atom. The molecule has 20 heavy (non-hydrogen) atoms. The van der Waals surface area contributed by atoms with Crippen LogP contribution in [-0.2, 0) is 21.5 Å². The normalized spacial score (nSPS) is 27.9. The van der Waals surface area contributed by atoms with Crippen molar-refractivity contribution in [1.82, 2.24) is 5.32 Å².